The lowest BCUT2D eigenvalue weighted by Crippen LogP contribution is -2.41. The van der Waals surface area contributed by atoms with Crippen LogP contribution in [-0.4, -0.2) is 27.7 Å². The van der Waals surface area contributed by atoms with E-state index >= 15 is 0 Å². The van der Waals surface area contributed by atoms with Crippen LogP contribution in [0.4, 0.5) is 4.39 Å². The van der Waals surface area contributed by atoms with Crippen LogP contribution in [0.25, 0.3) is 0 Å². The van der Waals surface area contributed by atoms with Gasteiger partial charge in [-0.05, 0) is 26.8 Å². The molecule has 1 aromatic heterocycles. The number of ether oxygens (including phenoxy) is 1. The number of aliphatic hydroxyl groups is 1. The second-order valence-electron chi connectivity index (χ2n) is 4.92. The Morgan fingerprint density at radius 1 is 1.50 bits per heavy atom. The Morgan fingerprint density at radius 2 is 2.11 bits per heavy atom. The third kappa shape index (κ3) is 4.05. The highest BCUT2D eigenvalue weighted by atomic mass is 19.1. The number of carbonyl (C=O) groups is 1. The molecule has 1 rings (SSSR count). The number of carbonyl (C=O) groups excluding carboxylic acids is 1. The van der Waals surface area contributed by atoms with Crippen molar-refractivity contribution in [1.82, 2.24) is 4.98 Å². The Morgan fingerprint density at radius 3 is 2.56 bits per heavy atom. The Balaban J connectivity index is 2.74. The number of aliphatic hydroxyl groups excluding tert-OH is 1. The summed E-state index contributed by atoms with van der Waals surface area (Å²) in [4.78, 5) is 15.0. The van der Waals surface area contributed by atoms with Crippen molar-refractivity contribution >= 4 is 5.97 Å². The lowest BCUT2D eigenvalue weighted by Gasteiger charge is -2.24. The lowest BCUT2D eigenvalue weighted by molar-refractivity contribution is -0.159. The van der Waals surface area contributed by atoms with Crippen molar-refractivity contribution in [1.29, 1.82) is 0 Å². The zero-order chi connectivity index (χ0) is 13.9. The molecule has 2 atom stereocenters. The van der Waals surface area contributed by atoms with E-state index < -0.39 is 29.7 Å². The van der Waals surface area contributed by atoms with Crippen LogP contribution in [0, 0.1) is 5.95 Å². The van der Waals surface area contributed by atoms with Gasteiger partial charge in [0.15, 0.2) is 0 Å². The molecule has 0 unspecified atom stereocenters. The van der Waals surface area contributed by atoms with Crippen molar-refractivity contribution in [2.75, 3.05) is 0 Å². The second-order valence-corrected chi connectivity index (χ2v) is 4.92. The molecular weight excluding hydrogens is 239 g/mol. The number of nitrogens with two attached hydrogens (primary N) is 1. The van der Waals surface area contributed by atoms with Gasteiger partial charge in [-0.1, -0.05) is 6.07 Å². The SMILES string of the molecule is CC(C)(C)OC(=O)[C@@H](N)[C@@H](O)c1ccc(F)nc1. The molecule has 18 heavy (non-hydrogen) atoms. The maximum atomic E-state index is 12.6. The molecule has 0 aliphatic carbocycles. The van der Waals surface area contributed by atoms with E-state index in [0.717, 1.165) is 12.3 Å². The van der Waals surface area contributed by atoms with E-state index in [1.54, 1.807) is 20.8 Å². The molecule has 5 nitrogen and oxygen atoms in total. The zero-order valence-electron chi connectivity index (χ0n) is 10.6. The van der Waals surface area contributed by atoms with Gasteiger partial charge < -0.3 is 15.6 Å². The summed E-state index contributed by atoms with van der Waals surface area (Å²) in [5.74, 6) is -1.39. The molecule has 0 bridgehead atoms. The van der Waals surface area contributed by atoms with Gasteiger partial charge in [0.2, 0.25) is 5.95 Å². The van der Waals surface area contributed by atoms with Crippen LogP contribution >= 0.6 is 0 Å². The molecule has 0 amide bonds. The minimum atomic E-state index is -1.28. The van der Waals surface area contributed by atoms with Gasteiger partial charge in [-0.3, -0.25) is 4.79 Å². The van der Waals surface area contributed by atoms with E-state index in [2.05, 4.69) is 4.98 Å². The molecule has 0 saturated carbocycles. The maximum Gasteiger partial charge on any atom is 0.326 e. The maximum absolute atomic E-state index is 12.6. The summed E-state index contributed by atoms with van der Waals surface area (Å²) in [7, 11) is 0. The number of aromatic nitrogens is 1. The normalized spacial score (nSPS) is 15.0. The molecule has 0 fully saturated rings. The highest BCUT2D eigenvalue weighted by Gasteiger charge is 2.29. The van der Waals surface area contributed by atoms with E-state index in [0.29, 0.717) is 0 Å². The van der Waals surface area contributed by atoms with Crippen LogP contribution in [0.1, 0.15) is 32.4 Å². The van der Waals surface area contributed by atoms with Crippen LogP contribution in [0.5, 0.6) is 0 Å². The minimum Gasteiger partial charge on any atom is -0.459 e. The first kappa shape index (κ1) is 14.5. The predicted molar refractivity (Wildman–Crippen MR) is 63.0 cm³/mol. The lowest BCUT2D eigenvalue weighted by atomic mass is 10.0. The molecule has 100 valence electrons. The topological polar surface area (TPSA) is 85.4 Å². The zero-order valence-corrected chi connectivity index (χ0v) is 10.6. The molecule has 0 aliphatic rings. The number of esters is 1. The third-order valence-corrected chi connectivity index (χ3v) is 2.11. The second kappa shape index (κ2) is 5.41. The Hall–Kier alpha value is -1.53. The van der Waals surface area contributed by atoms with Crippen molar-refractivity contribution in [3.05, 3.63) is 29.8 Å². The summed E-state index contributed by atoms with van der Waals surface area (Å²) in [5, 5.41) is 9.86. The summed E-state index contributed by atoms with van der Waals surface area (Å²) in [5.41, 5.74) is 5.17. The van der Waals surface area contributed by atoms with Crippen molar-refractivity contribution in [2.45, 2.75) is 38.5 Å². The van der Waals surface area contributed by atoms with E-state index in [1.807, 2.05) is 0 Å². The first-order valence-corrected chi connectivity index (χ1v) is 5.48. The average Bonchev–Trinajstić information content (AvgIpc) is 2.26. The van der Waals surface area contributed by atoms with Gasteiger partial charge in [-0.15, -0.1) is 0 Å². The number of hydrogen-bond donors (Lipinski definition) is 2. The van der Waals surface area contributed by atoms with Gasteiger partial charge >= 0.3 is 5.97 Å². The van der Waals surface area contributed by atoms with Gasteiger partial charge in [0.05, 0.1) is 0 Å². The summed E-state index contributed by atoms with van der Waals surface area (Å²) in [6.07, 6.45) is -0.155. The summed E-state index contributed by atoms with van der Waals surface area (Å²) in [6, 6.07) is 1.16. The summed E-state index contributed by atoms with van der Waals surface area (Å²) < 4.78 is 17.7. The Bertz CT molecular complexity index is 414. The van der Waals surface area contributed by atoms with Crippen molar-refractivity contribution < 1.29 is 19.0 Å². The highest BCUT2D eigenvalue weighted by molar-refractivity contribution is 5.76. The van der Waals surface area contributed by atoms with Crippen molar-refractivity contribution in [3.63, 3.8) is 0 Å². The predicted octanol–water partition coefficient (Wildman–Crippen LogP) is 0.923. The highest BCUT2D eigenvalue weighted by Crippen LogP contribution is 2.18. The third-order valence-electron chi connectivity index (χ3n) is 2.11. The largest absolute Gasteiger partial charge is 0.459 e. The standard InChI is InChI=1S/C12H17FN2O3/c1-12(2,3)18-11(17)9(14)10(16)7-4-5-8(13)15-6-7/h4-6,9-10,16H,14H2,1-3H3/t9-,10-/m0/s1. The first-order chi connectivity index (χ1) is 8.20. The van der Waals surface area contributed by atoms with Gasteiger partial charge in [0, 0.05) is 11.8 Å². The molecular formula is C12H17FN2O3. The van der Waals surface area contributed by atoms with Crippen LogP contribution in [0.2, 0.25) is 0 Å². The fourth-order valence-corrected chi connectivity index (χ4v) is 1.27. The average molecular weight is 256 g/mol. The smallest absolute Gasteiger partial charge is 0.326 e. The van der Waals surface area contributed by atoms with E-state index in [9.17, 15) is 14.3 Å². The summed E-state index contributed by atoms with van der Waals surface area (Å²) >= 11 is 0. The van der Waals surface area contributed by atoms with E-state index in [1.165, 1.54) is 6.07 Å². The number of hydrogen-bond acceptors (Lipinski definition) is 5. The van der Waals surface area contributed by atoms with E-state index in [-0.39, 0.29) is 5.56 Å². The number of halogens is 1. The molecule has 0 spiro atoms. The van der Waals surface area contributed by atoms with Crippen LogP contribution in [0.3, 0.4) is 0 Å². The molecule has 1 heterocycles. The van der Waals surface area contributed by atoms with Gasteiger partial charge in [-0.2, -0.15) is 4.39 Å². The number of nitrogens with zero attached hydrogens (tertiary/aromatic N) is 1. The monoisotopic (exact) mass is 256 g/mol. The molecule has 1 aromatic rings. The molecule has 3 N–H and O–H groups in total. The Labute approximate surface area is 105 Å². The first-order valence-electron chi connectivity index (χ1n) is 5.48. The van der Waals surface area contributed by atoms with Crippen molar-refractivity contribution in [2.24, 2.45) is 5.73 Å². The molecule has 0 aliphatic heterocycles. The van der Waals surface area contributed by atoms with Gasteiger partial charge in [0.25, 0.3) is 0 Å². The van der Waals surface area contributed by atoms with Crippen LogP contribution in [-0.2, 0) is 9.53 Å². The number of rotatable bonds is 3. The molecule has 0 radical (unpaired) electrons. The van der Waals surface area contributed by atoms with Crippen molar-refractivity contribution in [3.8, 4) is 0 Å². The van der Waals surface area contributed by atoms with Crippen LogP contribution < -0.4 is 5.73 Å². The minimum absolute atomic E-state index is 0.259. The fourth-order valence-electron chi connectivity index (χ4n) is 1.27. The number of pyridine rings is 1. The van der Waals surface area contributed by atoms with E-state index in [4.69, 9.17) is 10.5 Å². The van der Waals surface area contributed by atoms with Gasteiger partial charge in [0.1, 0.15) is 17.7 Å². The van der Waals surface area contributed by atoms with Gasteiger partial charge in [-0.25, -0.2) is 4.98 Å². The quantitative estimate of drug-likeness (QED) is 0.620. The summed E-state index contributed by atoms with van der Waals surface area (Å²) in [6.45, 7) is 5.09. The Kier molecular flexibility index (Phi) is 4.37. The molecule has 0 saturated heterocycles. The molecule has 0 aromatic carbocycles. The molecule has 6 heteroatoms. The van der Waals surface area contributed by atoms with Crippen LogP contribution in [0.15, 0.2) is 18.3 Å². The fraction of sp³-hybridized carbons (Fsp3) is 0.500.